The van der Waals surface area contributed by atoms with Gasteiger partial charge in [-0.15, -0.1) is 0 Å². The van der Waals surface area contributed by atoms with Crippen LogP contribution in [0.25, 0.3) is 0 Å². The zero-order chi connectivity index (χ0) is 23.4. The van der Waals surface area contributed by atoms with Crippen LogP contribution in [0.5, 0.6) is 0 Å². The third-order valence-electron chi connectivity index (χ3n) is 5.03. The van der Waals surface area contributed by atoms with Gasteiger partial charge in [-0.2, -0.15) is 13.2 Å². The summed E-state index contributed by atoms with van der Waals surface area (Å²) in [6.45, 7) is 1.85. The second kappa shape index (κ2) is 12.9. The van der Waals surface area contributed by atoms with E-state index in [1.165, 1.54) is 49.6 Å². The molecule has 0 heterocycles. The van der Waals surface area contributed by atoms with Crippen molar-refractivity contribution in [3.8, 4) is 0 Å². The third kappa shape index (κ3) is 8.02. The third-order valence-corrected chi connectivity index (χ3v) is 5.03. The number of benzene rings is 2. The fourth-order valence-electron chi connectivity index (χ4n) is 3.28. The van der Waals surface area contributed by atoms with Gasteiger partial charge in [-0.25, -0.2) is 9.59 Å². The Morgan fingerprint density at radius 1 is 0.750 bits per heavy atom. The molecule has 32 heavy (non-hydrogen) atoms. The van der Waals surface area contributed by atoms with E-state index in [1.54, 1.807) is 12.1 Å². The summed E-state index contributed by atoms with van der Waals surface area (Å²) in [5.74, 6) is -1.54. The summed E-state index contributed by atoms with van der Waals surface area (Å²) >= 11 is 0. The van der Waals surface area contributed by atoms with Gasteiger partial charge in [0.1, 0.15) is 6.61 Å². The van der Waals surface area contributed by atoms with E-state index in [0.29, 0.717) is 0 Å². The standard InChI is InChI=1S/C25H29F3O4/c1-2-3-4-5-6-7-12-17-31-23(29)20-14-9-10-15-21(20)24(30)32-18-19-13-8-11-16-22(19)25(26,27)28/h8-11,13-16H,2-7,12,17-18H2,1H3. The molecule has 0 aromatic heterocycles. The van der Waals surface area contributed by atoms with Crippen molar-refractivity contribution in [3.63, 3.8) is 0 Å². The highest BCUT2D eigenvalue weighted by Gasteiger charge is 2.33. The molecule has 7 heteroatoms. The molecule has 0 aliphatic heterocycles. The number of alkyl halides is 3. The highest BCUT2D eigenvalue weighted by Crippen LogP contribution is 2.32. The number of hydrogen-bond donors (Lipinski definition) is 0. The summed E-state index contributed by atoms with van der Waals surface area (Å²) < 4.78 is 49.7. The van der Waals surface area contributed by atoms with E-state index < -0.39 is 30.3 Å². The number of rotatable bonds is 12. The van der Waals surface area contributed by atoms with Crippen LogP contribution >= 0.6 is 0 Å². The van der Waals surface area contributed by atoms with Gasteiger partial charge in [-0.05, 0) is 24.6 Å². The number of halogens is 3. The second-order valence-electron chi connectivity index (χ2n) is 7.53. The van der Waals surface area contributed by atoms with E-state index in [0.717, 1.165) is 31.7 Å². The Morgan fingerprint density at radius 2 is 1.28 bits per heavy atom. The molecule has 2 aromatic rings. The maximum Gasteiger partial charge on any atom is 0.416 e. The Balaban J connectivity index is 1.91. The molecule has 2 aromatic carbocycles. The first-order valence-electron chi connectivity index (χ1n) is 10.9. The van der Waals surface area contributed by atoms with Crippen LogP contribution in [0, 0.1) is 0 Å². The van der Waals surface area contributed by atoms with Crippen LogP contribution in [0.2, 0.25) is 0 Å². The Hall–Kier alpha value is -2.83. The Labute approximate surface area is 186 Å². The molecule has 0 aliphatic carbocycles. The van der Waals surface area contributed by atoms with E-state index in [1.807, 2.05) is 0 Å². The SMILES string of the molecule is CCCCCCCCCOC(=O)c1ccccc1C(=O)OCc1ccccc1C(F)(F)F. The van der Waals surface area contributed by atoms with Crippen LogP contribution in [0.3, 0.4) is 0 Å². The molecule has 4 nitrogen and oxygen atoms in total. The lowest BCUT2D eigenvalue weighted by molar-refractivity contribution is -0.138. The molecule has 0 fully saturated rings. The molecule has 0 atom stereocenters. The Morgan fingerprint density at radius 3 is 1.91 bits per heavy atom. The molecular formula is C25H29F3O4. The highest BCUT2D eigenvalue weighted by molar-refractivity contribution is 6.03. The molecule has 174 valence electrons. The average molecular weight is 450 g/mol. The van der Waals surface area contributed by atoms with Crippen molar-refractivity contribution in [2.24, 2.45) is 0 Å². The molecule has 0 N–H and O–H groups in total. The van der Waals surface area contributed by atoms with Gasteiger partial charge in [0.25, 0.3) is 0 Å². The van der Waals surface area contributed by atoms with Gasteiger partial charge in [0.05, 0.1) is 23.3 Å². The first kappa shape index (κ1) is 25.4. The Kier molecular flexibility index (Phi) is 10.2. The van der Waals surface area contributed by atoms with Crippen LogP contribution in [-0.4, -0.2) is 18.5 Å². The predicted molar refractivity (Wildman–Crippen MR) is 115 cm³/mol. The van der Waals surface area contributed by atoms with E-state index >= 15 is 0 Å². The maximum atomic E-state index is 13.1. The van der Waals surface area contributed by atoms with Crippen molar-refractivity contribution in [2.45, 2.75) is 64.7 Å². The lowest BCUT2D eigenvalue weighted by atomic mass is 10.1. The van der Waals surface area contributed by atoms with Crippen molar-refractivity contribution >= 4 is 11.9 Å². The fraction of sp³-hybridized carbons (Fsp3) is 0.440. The van der Waals surface area contributed by atoms with Crippen molar-refractivity contribution in [1.82, 2.24) is 0 Å². The smallest absolute Gasteiger partial charge is 0.416 e. The first-order chi connectivity index (χ1) is 15.3. The number of carbonyl (C=O) groups is 2. The van der Waals surface area contributed by atoms with E-state index in [4.69, 9.17) is 9.47 Å². The van der Waals surface area contributed by atoms with Crippen molar-refractivity contribution in [1.29, 1.82) is 0 Å². The molecule has 0 amide bonds. The van der Waals surface area contributed by atoms with E-state index in [-0.39, 0.29) is 23.3 Å². The lowest BCUT2D eigenvalue weighted by Gasteiger charge is -2.13. The topological polar surface area (TPSA) is 52.6 Å². The maximum absolute atomic E-state index is 13.1. The normalized spacial score (nSPS) is 11.2. The second-order valence-corrected chi connectivity index (χ2v) is 7.53. The average Bonchev–Trinajstić information content (AvgIpc) is 2.78. The van der Waals surface area contributed by atoms with E-state index in [2.05, 4.69) is 6.92 Å². The minimum atomic E-state index is -4.55. The molecule has 0 radical (unpaired) electrons. The number of esters is 2. The van der Waals surface area contributed by atoms with Crippen LogP contribution in [0.15, 0.2) is 48.5 Å². The van der Waals surface area contributed by atoms with Gasteiger partial charge >= 0.3 is 18.1 Å². The van der Waals surface area contributed by atoms with E-state index in [9.17, 15) is 22.8 Å². The number of ether oxygens (including phenoxy) is 2. The highest BCUT2D eigenvalue weighted by atomic mass is 19.4. The Bertz CT molecular complexity index is 877. The van der Waals surface area contributed by atoms with Gasteiger partial charge in [0.15, 0.2) is 0 Å². The van der Waals surface area contributed by atoms with Crippen molar-refractivity contribution in [3.05, 3.63) is 70.8 Å². The van der Waals surface area contributed by atoms with Crippen molar-refractivity contribution < 1.29 is 32.2 Å². The van der Waals surface area contributed by atoms with Crippen LogP contribution in [-0.2, 0) is 22.3 Å². The lowest BCUT2D eigenvalue weighted by Crippen LogP contribution is -2.16. The summed E-state index contributed by atoms with van der Waals surface area (Å²) in [5, 5.41) is 0. The summed E-state index contributed by atoms with van der Waals surface area (Å²) in [6.07, 6.45) is 3.00. The largest absolute Gasteiger partial charge is 0.462 e. The van der Waals surface area contributed by atoms with Gasteiger partial charge in [-0.3, -0.25) is 0 Å². The van der Waals surface area contributed by atoms with Gasteiger partial charge in [-0.1, -0.05) is 75.8 Å². The molecule has 0 spiro atoms. The molecular weight excluding hydrogens is 421 g/mol. The first-order valence-corrected chi connectivity index (χ1v) is 10.9. The molecule has 0 aliphatic rings. The summed E-state index contributed by atoms with van der Waals surface area (Å²) in [7, 11) is 0. The molecule has 2 rings (SSSR count). The van der Waals surface area contributed by atoms with Crippen LogP contribution in [0.1, 0.15) is 83.7 Å². The monoisotopic (exact) mass is 450 g/mol. The number of unbranched alkanes of at least 4 members (excludes halogenated alkanes) is 6. The minimum absolute atomic E-state index is 0.0320. The zero-order valence-corrected chi connectivity index (χ0v) is 18.2. The van der Waals surface area contributed by atoms with Crippen LogP contribution < -0.4 is 0 Å². The van der Waals surface area contributed by atoms with Crippen LogP contribution in [0.4, 0.5) is 13.2 Å². The molecule has 0 bridgehead atoms. The summed E-state index contributed by atoms with van der Waals surface area (Å²) in [4.78, 5) is 24.9. The molecule has 0 unspecified atom stereocenters. The number of carbonyl (C=O) groups excluding carboxylic acids is 2. The summed E-state index contributed by atoms with van der Waals surface area (Å²) in [6, 6.07) is 10.8. The molecule has 0 saturated carbocycles. The molecule has 0 saturated heterocycles. The minimum Gasteiger partial charge on any atom is -0.462 e. The predicted octanol–water partition coefficient (Wildman–Crippen LogP) is 6.97. The zero-order valence-electron chi connectivity index (χ0n) is 18.2. The summed E-state index contributed by atoms with van der Waals surface area (Å²) in [5.41, 5.74) is -1.03. The van der Waals surface area contributed by atoms with Gasteiger partial charge in [0.2, 0.25) is 0 Å². The number of hydrogen-bond acceptors (Lipinski definition) is 4. The van der Waals surface area contributed by atoms with Gasteiger partial charge in [0, 0.05) is 5.56 Å². The van der Waals surface area contributed by atoms with Crippen molar-refractivity contribution in [2.75, 3.05) is 6.61 Å². The van der Waals surface area contributed by atoms with Gasteiger partial charge < -0.3 is 9.47 Å². The fourth-order valence-corrected chi connectivity index (χ4v) is 3.28. The quantitative estimate of drug-likeness (QED) is 0.259.